The van der Waals surface area contributed by atoms with Crippen molar-refractivity contribution in [2.75, 3.05) is 45.8 Å². The first kappa shape index (κ1) is 20.8. The first-order chi connectivity index (χ1) is 12.7. The second kappa shape index (κ2) is 8.48. The highest BCUT2D eigenvalue weighted by Crippen LogP contribution is 2.24. The Kier molecular flexibility index (Phi) is 6.54. The monoisotopic (exact) mass is 391 g/mol. The zero-order valence-corrected chi connectivity index (χ0v) is 14.4. The predicted octanol–water partition coefficient (Wildman–Crippen LogP) is -1.08. The molecule has 2 saturated heterocycles. The molecule has 0 aliphatic carbocycles. The number of piperazine rings is 1. The number of nitrogens with one attached hydrogen (secondary N) is 2. The summed E-state index contributed by atoms with van der Waals surface area (Å²) < 4.78 is 39.8. The van der Waals surface area contributed by atoms with Crippen LogP contribution in [0.25, 0.3) is 0 Å². The Morgan fingerprint density at radius 1 is 1.19 bits per heavy atom. The molecule has 2 aliphatic rings. The van der Waals surface area contributed by atoms with E-state index in [1.54, 1.807) is 0 Å². The SMILES string of the molecule is C=CCN1C(=O)C(=O)N(CC(=O)NCC(N2CCNCC2)C(F)(F)F)C1=O. The highest BCUT2D eigenvalue weighted by atomic mass is 19.4. The average molecular weight is 391 g/mol. The summed E-state index contributed by atoms with van der Waals surface area (Å²) in [6, 6.07) is -2.89. The van der Waals surface area contributed by atoms with Gasteiger partial charge in [0.1, 0.15) is 12.6 Å². The van der Waals surface area contributed by atoms with Crippen LogP contribution in [0.4, 0.5) is 18.0 Å². The van der Waals surface area contributed by atoms with Gasteiger partial charge < -0.3 is 10.6 Å². The second-order valence-corrected chi connectivity index (χ2v) is 6.03. The zero-order chi connectivity index (χ0) is 20.2. The molecular formula is C15H20F3N5O4. The maximum Gasteiger partial charge on any atom is 0.405 e. The van der Waals surface area contributed by atoms with Crippen LogP contribution in [-0.4, -0.2) is 96.5 Å². The lowest BCUT2D eigenvalue weighted by molar-refractivity contribution is -0.184. The molecule has 0 bridgehead atoms. The Morgan fingerprint density at radius 3 is 2.33 bits per heavy atom. The maximum absolute atomic E-state index is 13.3. The summed E-state index contributed by atoms with van der Waals surface area (Å²) in [5, 5.41) is 5.04. The van der Waals surface area contributed by atoms with E-state index in [0.717, 1.165) is 0 Å². The van der Waals surface area contributed by atoms with Crippen LogP contribution in [0.15, 0.2) is 12.7 Å². The van der Waals surface area contributed by atoms with E-state index in [4.69, 9.17) is 0 Å². The number of carbonyl (C=O) groups excluding carboxylic acids is 4. The van der Waals surface area contributed by atoms with Crippen molar-refractivity contribution in [3.63, 3.8) is 0 Å². The minimum Gasteiger partial charge on any atom is -0.353 e. The standard InChI is InChI=1S/C15H20F3N5O4/c1-2-5-22-12(25)13(26)23(14(22)27)9-11(24)20-8-10(15(16,17)18)21-6-3-19-4-7-21/h2,10,19H,1,3-9H2,(H,20,24). The molecule has 0 aromatic heterocycles. The van der Waals surface area contributed by atoms with Crippen molar-refractivity contribution >= 4 is 23.8 Å². The fourth-order valence-electron chi connectivity index (χ4n) is 2.84. The number of halogens is 3. The minimum absolute atomic E-state index is 0.175. The molecule has 0 aromatic carbocycles. The third kappa shape index (κ3) is 4.83. The van der Waals surface area contributed by atoms with Gasteiger partial charge in [0.2, 0.25) is 5.91 Å². The van der Waals surface area contributed by atoms with Crippen molar-refractivity contribution in [1.29, 1.82) is 0 Å². The van der Waals surface area contributed by atoms with E-state index in [-0.39, 0.29) is 19.6 Å². The highest BCUT2D eigenvalue weighted by molar-refractivity contribution is 6.45. The van der Waals surface area contributed by atoms with Crippen LogP contribution in [0.2, 0.25) is 0 Å². The molecule has 2 N–H and O–H groups in total. The van der Waals surface area contributed by atoms with E-state index in [9.17, 15) is 32.3 Å². The molecule has 0 radical (unpaired) electrons. The zero-order valence-electron chi connectivity index (χ0n) is 14.4. The number of nitrogens with zero attached hydrogens (tertiary/aromatic N) is 3. The third-order valence-corrected chi connectivity index (χ3v) is 4.21. The highest BCUT2D eigenvalue weighted by Gasteiger charge is 2.46. The van der Waals surface area contributed by atoms with Gasteiger partial charge in [-0.05, 0) is 0 Å². The van der Waals surface area contributed by atoms with Crippen LogP contribution >= 0.6 is 0 Å². The molecule has 0 saturated carbocycles. The Balaban J connectivity index is 1.96. The number of hydrogen-bond donors (Lipinski definition) is 2. The quantitative estimate of drug-likeness (QED) is 0.325. The van der Waals surface area contributed by atoms with Gasteiger partial charge >= 0.3 is 24.0 Å². The smallest absolute Gasteiger partial charge is 0.353 e. The molecule has 0 aromatic rings. The van der Waals surface area contributed by atoms with Crippen LogP contribution in [-0.2, 0) is 14.4 Å². The topological polar surface area (TPSA) is 102 Å². The molecule has 2 rings (SSSR count). The largest absolute Gasteiger partial charge is 0.405 e. The maximum atomic E-state index is 13.3. The number of imide groups is 2. The third-order valence-electron chi connectivity index (χ3n) is 4.21. The van der Waals surface area contributed by atoms with Crippen molar-refractivity contribution in [1.82, 2.24) is 25.3 Å². The molecule has 2 aliphatic heterocycles. The van der Waals surface area contributed by atoms with Crippen molar-refractivity contribution in [2.24, 2.45) is 0 Å². The Bertz CT molecular complexity index is 633. The molecule has 5 amide bonds. The minimum atomic E-state index is -4.55. The van der Waals surface area contributed by atoms with E-state index in [1.165, 1.54) is 11.0 Å². The summed E-state index contributed by atoms with van der Waals surface area (Å²) in [6.07, 6.45) is -3.32. The Labute approximate surface area is 153 Å². The fourth-order valence-corrected chi connectivity index (χ4v) is 2.84. The summed E-state index contributed by atoms with van der Waals surface area (Å²) in [6.45, 7) is 2.74. The van der Waals surface area contributed by atoms with E-state index >= 15 is 0 Å². The number of urea groups is 1. The van der Waals surface area contributed by atoms with Gasteiger partial charge in [-0.25, -0.2) is 9.69 Å². The molecule has 9 nitrogen and oxygen atoms in total. The average Bonchev–Trinajstić information content (AvgIpc) is 2.80. The van der Waals surface area contributed by atoms with Gasteiger partial charge in [-0.15, -0.1) is 6.58 Å². The van der Waals surface area contributed by atoms with Gasteiger partial charge in [0.15, 0.2) is 0 Å². The van der Waals surface area contributed by atoms with Gasteiger partial charge in [-0.2, -0.15) is 13.2 Å². The van der Waals surface area contributed by atoms with Crippen molar-refractivity contribution < 1.29 is 32.3 Å². The fraction of sp³-hybridized carbons (Fsp3) is 0.600. The van der Waals surface area contributed by atoms with Crippen LogP contribution in [0.1, 0.15) is 0 Å². The number of amides is 5. The number of rotatable bonds is 7. The predicted molar refractivity (Wildman–Crippen MR) is 86.3 cm³/mol. The Morgan fingerprint density at radius 2 is 1.78 bits per heavy atom. The lowest BCUT2D eigenvalue weighted by Gasteiger charge is -2.36. The van der Waals surface area contributed by atoms with Crippen molar-refractivity contribution in [2.45, 2.75) is 12.2 Å². The molecule has 1 atom stereocenters. The first-order valence-electron chi connectivity index (χ1n) is 8.23. The van der Waals surface area contributed by atoms with Gasteiger partial charge in [0.25, 0.3) is 0 Å². The van der Waals surface area contributed by atoms with Gasteiger partial charge in [0, 0.05) is 39.3 Å². The summed E-state index contributed by atoms with van der Waals surface area (Å²) in [5.74, 6) is -3.28. The number of carbonyl (C=O) groups is 4. The van der Waals surface area contributed by atoms with Crippen LogP contribution in [0, 0.1) is 0 Å². The van der Waals surface area contributed by atoms with E-state index in [2.05, 4.69) is 17.2 Å². The molecule has 2 heterocycles. The Hall–Kier alpha value is -2.47. The van der Waals surface area contributed by atoms with Crippen LogP contribution in [0.3, 0.4) is 0 Å². The molecule has 2 fully saturated rings. The summed E-state index contributed by atoms with van der Waals surface area (Å²) in [7, 11) is 0. The van der Waals surface area contributed by atoms with E-state index < -0.39 is 49.1 Å². The summed E-state index contributed by atoms with van der Waals surface area (Å²) in [5.41, 5.74) is 0. The number of alkyl halides is 3. The van der Waals surface area contributed by atoms with E-state index in [1.807, 2.05) is 0 Å². The molecular weight excluding hydrogens is 371 g/mol. The second-order valence-electron chi connectivity index (χ2n) is 6.03. The summed E-state index contributed by atoms with van der Waals surface area (Å²) in [4.78, 5) is 49.6. The van der Waals surface area contributed by atoms with Crippen molar-refractivity contribution in [3.8, 4) is 0 Å². The molecule has 12 heteroatoms. The van der Waals surface area contributed by atoms with Gasteiger partial charge in [-0.1, -0.05) is 6.08 Å². The van der Waals surface area contributed by atoms with Gasteiger partial charge in [0.05, 0.1) is 0 Å². The molecule has 150 valence electrons. The lowest BCUT2D eigenvalue weighted by Crippen LogP contribution is -2.58. The summed E-state index contributed by atoms with van der Waals surface area (Å²) >= 11 is 0. The normalized spacial score (nSPS) is 20.2. The molecule has 27 heavy (non-hydrogen) atoms. The molecule has 0 spiro atoms. The van der Waals surface area contributed by atoms with Crippen molar-refractivity contribution in [3.05, 3.63) is 12.7 Å². The van der Waals surface area contributed by atoms with Crippen LogP contribution < -0.4 is 10.6 Å². The molecule has 1 unspecified atom stereocenters. The number of hydrogen-bond acceptors (Lipinski definition) is 6. The van der Waals surface area contributed by atoms with Gasteiger partial charge in [-0.3, -0.25) is 24.2 Å². The first-order valence-corrected chi connectivity index (χ1v) is 8.23. The van der Waals surface area contributed by atoms with Crippen LogP contribution in [0.5, 0.6) is 0 Å². The van der Waals surface area contributed by atoms with E-state index in [0.29, 0.717) is 22.9 Å². The lowest BCUT2D eigenvalue weighted by atomic mass is 10.2.